The van der Waals surface area contributed by atoms with E-state index in [1.807, 2.05) is 6.92 Å². The number of likely N-dealkylation sites (tertiary alicyclic amines) is 1. The first kappa shape index (κ1) is 22.1. The van der Waals surface area contributed by atoms with Crippen LogP contribution in [0.4, 0.5) is 0 Å². The highest BCUT2D eigenvalue weighted by molar-refractivity contribution is 7.88. The summed E-state index contributed by atoms with van der Waals surface area (Å²) >= 11 is 1.80. The van der Waals surface area contributed by atoms with Crippen molar-refractivity contribution in [2.45, 2.75) is 32.2 Å². The van der Waals surface area contributed by atoms with E-state index in [0.717, 1.165) is 32.0 Å². The van der Waals surface area contributed by atoms with Crippen LogP contribution in [0.15, 0.2) is 22.5 Å². The van der Waals surface area contributed by atoms with Gasteiger partial charge in [0, 0.05) is 38.1 Å². The second kappa shape index (κ2) is 11.0. The Morgan fingerprint density at radius 2 is 2.11 bits per heavy atom. The minimum Gasteiger partial charge on any atom is -0.356 e. The Morgan fingerprint density at radius 3 is 2.67 bits per heavy atom. The molecule has 0 amide bonds. The highest BCUT2D eigenvalue weighted by atomic mass is 32.2. The lowest BCUT2D eigenvalue weighted by Gasteiger charge is -2.27. The molecular formula is C18H33N5O2S2. The molecule has 7 nitrogen and oxygen atoms in total. The molecule has 1 unspecified atom stereocenters. The fourth-order valence-electron chi connectivity index (χ4n) is 3.38. The Hall–Kier alpha value is -1.16. The third-order valence-electron chi connectivity index (χ3n) is 4.84. The summed E-state index contributed by atoms with van der Waals surface area (Å²) in [6.45, 7) is 6.67. The van der Waals surface area contributed by atoms with Crippen LogP contribution in [0.3, 0.4) is 0 Å². The number of nitrogens with one attached hydrogen (secondary N) is 2. The SMILES string of the molecule is CCN(CCCNC(=NC)NCC(c1cccs1)N1CCCC1)S(C)(=O)=O. The van der Waals surface area contributed by atoms with Gasteiger partial charge in [0.05, 0.1) is 12.3 Å². The zero-order valence-electron chi connectivity index (χ0n) is 16.6. The molecule has 1 aromatic heterocycles. The molecule has 0 bridgehead atoms. The van der Waals surface area contributed by atoms with Crippen molar-refractivity contribution in [1.82, 2.24) is 19.8 Å². The lowest BCUT2D eigenvalue weighted by Crippen LogP contribution is -2.43. The van der Waals surface area contributed by atoms with Crippen molar-refractivity contribution in [3.63, 3.8) is 0 Å². The number of hydrogen-bond donors (Lipinski definition) is 2. The highest BCUT2D eigenvalue weighted by Gasteiger charge is 2.24. The summed E-state index contributed by atoms with van der Waals surface area (Å²) in [4.78, 5) is 8.22. The van der Waals surface area contributed by atoms with Crippen LogP contribution in [0.1, 0.15) is 37.1 Å². The smallest absolute Gasteiger partial charge is 0.211 e. The van der Waals surface area contributed by atoms with Gasteiger partial charge in [-0.15, -0.1) is 11.3 Å². The van der Waals surface area contributed by atoms with E-state index in [9.17, 15) is 8.42 Å². The van der Waals surface area contributed by atoms with Gasteiger partial charge in [-0.05, 0) is 43.8 Å². The van der Waals surface area contributed by atoms with Gasteiger partial charge in [-0.2, -0.15) is 0 Å². The number of thiophene rings is 1. The van der Waals surface area contributed by atoms with Crippen LogP contribution < -0.4 is 10.6 Å². The maximum atomic E-state index is 11.6. The summed E-state index contributed by atoms with van der Waals surface area (Å²) in [6, 6.07) is 4.68. The monoisotopic (exact) mass is 415 g/mol. The van der Waals surface area contributed by atoms with Gasteiger partial charge < -0.3 is 10.6 Å². The van der Waals surface area contributed by atoms with Crippen molar-refractivity contribution >= 4 is 27.3 Å². The van der Waals surface area contributed by atoms with E-state index in [4.69, 9.17) is 0 Å². The first-order chi connectivity index (χ1) is 13.0. The van der Waals surface area contributed by atoms with Gasteiger partial charge in [0.1, 0.15) is 0 Å². The Morgan fingerprint density at radius 1 is 1.37 bits per heavy atom. The lowest BCUT2D eigenvalue weighted by atomic mass is 10.2. The summed E-state index contributed by atoms with van der Waals surface area (Å²) in [7, 11) is -1.36. The van der Waals surface area contributed by atoms with Crippen LogP contribution in [0.2, 0.25) is 0 Å². The average Bonchev–Trinajstić information content (AvgIpc) is 3.33. The van der Waals surface area contributed by atoms with Gasteiger partial charge in [0.15, 0.2) is 5.96 Å². The molecule has 1 aliphatic rings. The molecular weight excluding hydrogens is 382 g/mol. The third kappa shape index (κ3) is 7.06. The predicted octanol–water partition coefficient (Wildman–Crippen LogP) is 1.72. The van der Waals surface area contributed by atoms with Crippen LogP contribution in [0.25, 0.3) is 0 Å². The fraction of sp³-hybridized carbons (Fsp3) is 0.722. The van der Waals surface area contributed by atoms with Crippen molar-refractivity contribution in [2.24, 2.45) is 4.99 Å². The zero-order chi connectivity index (χ0) is 19.7. The third-order valence-corrected chi connectivity index (χ3v) is 7.19. The van der Waals surface area contributed by atoms with Crippen LogP contribution in [0.5, 0.6) is 0 Å². The van der Waals surface area contributed by atoms with Gasteiger partial charge in [-0.1, -0.05) is 13.0 Å². The minimum atomic E-state index is -3.12. The molecule has 1 aliphatic heterocycles. The highest BCUT2D eigenvalue weighted by Crippen LogP contribution is 2.27. The second-order valence-corrected chi connectivity index (χ2v) is 9.72. The van der Waals surface area contributed by atoms with Gasteiger partial charge in [0.2, 0.25) is 10.0 Å². The molecule has 9 heteroatoms. The zero-order valence-corrected chi connectivity index (χ0v) is 18.3. The second-order valence-electron chi connectivity index (χ2n) is 6.76. The van der Waals surface area contributed by atoms with Crippen molar-refractivity contribution in [1.29, 1.82) is 0 Å². The molecule has 0 aromatic carbocycles. The molecule has 0 spiro atoms. The van der Waals surface area contributed by atoms with E-state index < -0.39 is 10.0 Å². The summed E-state index contributed by atoms with van der Waals surface area (Å²) < 4.78 is 24.7. The number of guanidine groups is 1. The molecule has 154 valence electrons. The van der Waals surface area contributed by atoms with Crippen LogP contribution >= 0.6 is 11.3 Å². The molecule has 0 aliphatic carbocycles. The standard InChI is InChI=1S/C18H33N5O2S2/c1-4-23(27(3,24)25)13-8-10-20-18(19-2)21-15-16(17-9-7-14-26-17)22-11-5-6-12-22/h7,9,14,16H,4-6,8,10-13,15H2,1-3H3,(H2,19,20,21). The summed E-state index contributed by atoms with van der Waals surface area (Å²) in [5.74, 6) is 0.762. The topological polar surface area (TPSA) is 77.0 Å². The molecule has 1 saturated heterocycles. The molecule has 0 saturated carbocycles. The van der Waals surface area contributed by atoms with E-state index in [1.165, 1.54) is 28.3 Å². The quantitative estimate of drug-likeness (QED) is 0.346. The summed E-state index contributed by atoms with van der Waals surface area (Å²) in [5.41, 5.74) is 0. The molecule has 0 radical (unpaired) electrons. The van der Waals surface area contributed by atoms with Gasteiger partial charge in [0.25, 0.3) is 0 Å². The van der Waals surface area contributed by atoms with Crippen LogP contribution in [0, 0.1) is 0 Å². The van der Waals surface area contributed by atoms with E-state index in [1.54, 1.807) is 18.4 Å². The Bertz CT molecular complexity index is 670. The Kier molecular flexibility index (Phi) is 9.01. The first-order valence-electron chi connectivity index (χ1n) is 9.62. The summed E-state index contributed by atoms with van der Waals surface area (Å²) in [6.07, 6.45) is 4.53. The molecule has 27 heavy (non-hydrogen) atoms. The molecule has 1 atom stereocenters. The van der Waals surface area contributed by atoms with Gasteiger partial charge in [-0.25, -0.2) is 12.7 Å². The Labute approximate surface area is 167 Å². The van der Waals surface area contributed by atoms with Gasteiger partial charge in [-0.3, -0.25) is 9.89 Å². The largest absolute Gasteiger partial charge is 0.356 e. The van der Waals surface area contributed by atoms with Crippen molar-refractivity contribution in [3.8, 4) is 0 Å². The number of rotatable bonds is 10. The number of nitrogens with zero attached hydrogens (tertiary/aromatic N) is 3. The van der Waals surface area contributed by atoms with Crippen LogP contribution in [-0.2, 0) is 10.0 Å². The first-order valence-corrected chi connectivity index (χ1v) is 12.4. The molecule has 1 fully saturated rings. The molecule has 2 N–H and O–H groups in total. The van der Waals surface area contributed by atoms with Crippen molar-refractivity contribution in [3.05, 3.63) is 22.4 Å². The Balaban J connectivity index is 1.80. The molecule has 2 heterocycles. The minimum absolute atomic E-state index is 0.367. The van der Waals surface area contributed by atoms with Crippen molar-refractivity contribution in [2.75, 3.05) is 52.6 Å². The van der Waals surface area contributed by atoms with Gasteiger partial charge >= 0.3 is 0 Å². The van der Waals surface area contributed by atoms with Crippen molar-refractivity contribution < 1.29 is 8.42 Å². The summed E-state index contributed by atoms with van der Waals surface area (Å²) in [5, 5.41) is 8.86. The number of sulfonamides is 1. The van der Waals surface area contributed by atoms with E-state index in [0.29, 0.717) is 25.7 Å². The predicted molar refractivity (Wildman–Crippen MR) is 114 cm³/mol. The average molecular weight is 416 g/mol. The fourth-order valence-corrected chi connectivity index (χ4v) is 5.17. The maximum Gasteiger partial charge on any atom is 0.211 e. The van der Waals surface area contributed by atoms with E-state index in [-0.39, 0.29) is 0 Å². The number of aliphatic imine (C=N–C) groups is 1. The molecule has 1 aromatic rings. The maximum absolute atomic E-state index is 11.6. The normalized spacial score (nSPS) is 17.4. The lowest BCUT2D eigenvalue weighted by molar-refractivity contribution is 0.249. The van der Waals surface area contributed by atoms with E-state index in [2.05, 4.69) is 38.0 Å². The number of hydrogen-bond acceptors (Lipinski definition) is 5. The molecule has 2 rings (SSSR count). The van der Waals surface area contributed by atoms with E-state index >= 15 is 0 Å². The van der Waals surface area contributed by atoms with Crippen LogP contribution in [-0.4, -0.2) is 76.2 Å².